The first-order valence-corrected chi connectivity index (χ1v) is 7.36. The van der Waals surface area contributed by atoms with Gasteiger partial charge in [0.1, 0.15) is 0 Å². The molecule has 0 spiro atoms. The third-order valence-corrected chi connectivity index (χ3v) is 3.53. The van der Waals surface area contributed by atoms with Crippen molar-refractivity contribution in [3.05, 3.63) is 77.0 Å². The normalized spacial score (nSPS) is 10.3. The van der Waals surface area contributed by atoms with E-state index in [1.807, 2.05) is 18.2 Å². The summed E-state index contributed by atoms with van der Waals surface area (Å²) in [5.41, 5.74) is 1.90. The molecular formula is C17H14N4O4. The third-order valence-electron chi connectivity index (χ3n) is 3.53. The lowest BCUT2D eigenvalue weighted by molar-refractivity contribution is -0.384. The quantitative estimate of drug-likeness (QED) is 0.538. The van der Waals surface area contributed by atoms with Gasteiger partial charge in [0.2, 0.25) is 0 Å². The van der Waals surface area contributed by atoms with Crippen molar-refractivity contribution in [2.45, 2.75) is 0 Å². The fourth-order valence-electron chi connectivity index (χ4n) is 2.16. The highest BCUT2D eigenvalue weighted by molar-refractivity contribution is 5.87. The Morgan fingerprint density at radius 2 is 1.80 bits per heavy atom. The maximum absolute atomic E-state index is 12.1. The lowest BCUT2D eigenvalue weighted by atomic mass is 10.1. The van der Waals surface area contributed by atoms with Crippen molar-refractivity contribution in [2.75, 3.05) is 11.9 Å². The number of hydrogen-bond acceptors (Lipinski definition) is 5. The zero-order valence-corrected chi connectivity index (χ0v) is 13.3. The molecular weight excluding hydrogens is 324 g/mol. The summed E-state index contributed by atoms with van der Waals surface area (Å²) in [6, 6.07) is 16.7. The van der Waals surface area contributed by atoms with Crippen molar-refractivity contribution in [2.24, 2.45) is 0 Å². The van der Waals surface area contributed by atoms with Gasteiger partial charge in [0.15, 0.2) is 0 Å². The standard InChI is InChI=1S/C17H14N4O4/c1-19(14-5-3-2-4-6-14)17(22)25-20-12-11-16(18-20)13-7-9-15(10-8-13)21(23)24/h2-12H,1H3. The first-order chi connectivity index (χ1) is 12.0. The van der Waals surface area contributed by atoms with Crippen LogP contribution in [0.15, 0.2) is 66.9 Å². The van der Waals surface area contributed by atoms with Crippen LogP contribution in [0.3, 0.4) is 0 Å². The fraction of sp³-hybridized carbons (Fsp3) is 0.0588. The van der Waals surface area contributed by atoms with E-state index in [0.717, 1.165) is 4.85 Å². The van der Waals surface area contributed by atoms with Crippen molar-refractivity contribution in [3.8, 4) is 11.3 Å². The molecule has 1 amide bonds. The lowest BCUT2D eigenvalue weighted by Crippen LogP contribution is -2.34. The predicted octanol–water partition coefficient (Wildman–Crippen LogP) is 3.14. The Morgan fingerprint density at radius 1 is 1.12 bits per heavy atom. The Hall–Kier alpha value is -3.68. The highest BCUT2D eigenvalue weighted by Gasteiger charge is 2.14. The molecule has 0 N–H and O–H groups in total. The van der Waals surface area contributed by atoms with Gasteiger partial charge in [0, 0.05) is 30.4 Å². The molecule has 3 rings (SSSR count). The molecule has 0 aliphatic heterocycles. The predicted molar refractivity (Wildman–Crippen MR) is 91.1 cm³/mol. The first-order valence-electron chi connectivity index (χ1n) is 7.36. The van der Waals surface area contributed by atoms with Crippen LogP contribution in [0.1, 0.15) is 0 Å². The first kappa shape index (κ1) is 16.2. The van der Waals surface area contributed by atoms with Gasteiger partial charge < -0.3 is 0 Å². The zero-order chi connectivity index (χ0) is 17.8. The average Bonchev–Trinajstić information content (AvgIpc) is 3.10. The molecule has 0 unspecified atom stereocenters. The van der Waals surface area contributed by atoms with E-state index in [-0.39, 0.29) is 5.69 Å². The van der Waals surface area contributed by atoms with Crippen molar-refractivity contribution < 1.29 is 14.6 Å². The summed E-state index contributed by atoms with van der Waals surface area (Å²) in [5.74, 6) is 0. The van der Waals surface area contributed by atoms with Gasteiger partial charge in [-0.2, -0.15) is 0 Å². The minimum absolute atomic E-state index is 0.000837. The maximum Gasteiger partial charge on any atom is 0.440 e. The summed E-state index contributed by atoms with van der Waals surface area (Å²) in [6.45, 7) is 0. The SMILES string of the molecule is CN(C(=O)On1ccc(-c2ccc([N+](=O)[O-])cc2)n1)c1ccccc1. The number of nitro groups is 1. The summed E-state index contributed by atoms with van der Waals surface area (Å²) in [6.07, 6.45) is 0.901. The lowest BCUT2D eigenvalue weighted by Gasteiger charge is -2.15. The molecule has 1 aromatic heterocycles. The van der Waals surface area contributed by atoms with E-state index < -0.39 is 11.0 Å². The zero-order valence-electron chi connectivity index (χ0n) is 13.3. The van der Waals surface area contributed by atoms with Crippen LogP contribution in [0.25, 0.3) is 11.3 Å². The molecule has 1 heterocycles. The summed E-state index contributed by atoms with van der Waals surface area (Å²) >= 11 is 0. The van der Waals surface area contributed by atoms with Crippen LogP contribution in [-0.2, 0) is 0 Å². The molecule has 0 saturated heterocycles. The number of anilines is 1. The van der Waals surface area contributed by atoms with Crippen LogP contribution in [0.4, 0.5) is 16.2 Å². The van der Waals surface area contributed by atoms with E-state index in [2.05, 4.69) is 5.10 Å². The smallest absolute Gasteiger partial charge is 0.299 e. The maximum atomic E-state index is 12.1. The summed E-state index contributed by atoms with van der Waals surface area (Å²) in [7, 11) is 1.60. The molecule has 0 radical (unpaired) electrons. The molecule has 0 bridgehead atoms. The van der Waals surface area contributed by atoms with Crippen LogP contribution >= 0.6 is 0 Å². The van der Waals surface area contributed by atoms with E-state index >= 15 is 0 Å². The van der Waals surface area contributed by atoms with Crippen molar-refractivity contribution in [1.82, 2.24) is 9.94 Å². The molecule has 25 heavy (non-hydrogen) atoms. The highest BCUT2D eigenvalue weighted by atomic mass is 16.7. The number of para-hydroxylation sites is 1. The summed E-state index contributed by atoms with van der Waals surface area (Å²) in [4.78, 5) is 29.9. The Kier molecular flexibility index (Phi) is 4.42. The largest absolute Gasteiger partial charge is 0.440 e. The number of benzene rings is 2. The monoisotopic (exact) mass is 338 g/mol. The topological polar surface area (TPSA) is 90.5 Å². The van der Waals surface area contributed by atoms with Gasteiger partial charge in [-0.1, -0.05) is 23.0 Å². The number of nitro benzene ring substituents is 1. The number of non-ortho nitro benzene ring substituents is 1. The summed E-state index contributed by atoms with van der Waals surface area (Å²) in [5, 5.41) is 14.8. The molecule has 126 valence electrons. The van der Waals surface area contributed by atoms with Gasteiger partial charge in [0.25, 0.3) is 5.69 Å². The number of rotatable bonds is 4. The average molecular weight is 338 g/mol. The van der Waals surface area contributed by atoms with Crippen LogP contribution in [0.5, 0.6) is 0 Å². The van der Waals surface area contributed by atoms with Crippen LogP contribution in [0.2, 0.25) is 0 Å². The number of carbonyl (C=O) groups excluding carboxylic acids is 1. The van der Waals surface area contributed by atoms with Gasteiger partial charge in [-0.05, 0) is 30.3 Å². The number of amides is 1. The van der Waals surface area contributed by atoms with Crippen LogP contribution < -0.4 is 9.74 Å². The molecule has 2 aromatic carbocycles. The van der Waals surface area contributed by atoms with Crippen molar-refractivity contribution in [3.63, 3.8) is 0 Å². The van der Waals surface area contributed by atoms with Gasteiger partial charge in [-0.3, -0.25) is 19.9 Å². The fourth-order valence-corrected chi connectivity index (χ4v) is 2.16. The minimum Gasteiger partial charge on any atom is -0.299 e. The Labute approximate surface area is 143 Å². The minimum atomic E-state index is -0.593. The van der Waals surface area contributed by atoms with Gasteiger partial charge >= 0.3 is 6.09 Å². The Bertz CT molecular complexity index is 891. The Balaban J connectivity index is 1.71. The van der Waals surface area contributed by atoms with E-state index in [1.165, 1.54) is 23.2 Å². The number of hydrogen-bond donors (Lipinski definition) is 0. The second-order valence-corrected chi connectivity index (χ2v) is 5.16. The van der Waals surface area contributed by atoms with Gasteiger partial charge in [0.05, 0.1) is 16.8 Å². The molecule has 0 aliphatic rings. The second-order valence-electron chi connectivity index (χ2n) is 5.16. The number of carbonyl (C=O) groups is 1. The molecule has 0 fully saturated rings. The van der Waals surface area contributed by atoms with Crippen LogP contribution in [-0.4, -0.2) is 28.0 Å². The van der Waals surface area contributed by atoms with E-state index in [1.54, 1.807) is 37.4 Å². The highest BCUT2D eigenvalue weighted by Crippen LogP contribution is 2.20. The number of nitrogens with zero attached hydrogens (tertiary/aromatic N) is 4. The van der Waals surface area contributed by atoms with Gasteiger partial charge in [-0.15, -0.1) is 5.10 Å². The molecule has 0 saturated carbocycles. The molecule has 0 aliphatic carbocycles. The molecule has 3 aromatic rings. The van der Waals surface area contributed by atoms with Crippen LogP contribution in [0, 0.1) is 10.1 Å². The van der Waals surface area contributed by atoms with E-state index in [0.29, 0.717) is 16.9 Å². The van der Waals surface area contributed by atoms with Crippen molar-refractivity contribution >= 4 is 17.5 Å². The van der Waals surface area contributed by atoms with Crippen molar-refractivity contribution in [1.29, 1.82) is 0 Å². The third kappa shape index (κ3) is 3.63. The molecule has 8 heteroatoms. The number of aromatic nitrogens is 2. The molecule has 0 atom stereocenters. The second kappa shape index (κ2) is 6.83. The van der Waals surface area contributed by atoms with Gasteiger partial charge in [-0.25, -0.2) is 4.79 Å². The summed E-state index contributed by atoms with van der Waals surface area (Å²) < 4.78 is 0. The molecule has 8 nitrogen and oxygen atoms in total. The van der Waals surface area contributed by atoms with E-state index in [4.69, 9.17) is 4.84 Å². The Morgan fingerprint density at radius 3 is 2.44 bits per heavy atom. The van der Waals surface area contributed by atoms with E-state index in [9.17, 15) is 14.9 Å².